The van der Waals surface area contributed by atoms with Gasteiger partial charge in [-0.1, -0.05) is 29.8 Å². The number of para-hydroxylation sites is 2. The van der Waals surface area contributed by atoms with Crippen LogP contribution in [0.5, 0.6) is 5.75 Å². The highest BCUT2D eigenvalue weighted by molar-refractivity contribution is 6.19. The average Bonchev–Trinajstić information content (AvgIpc) is 2.51. The van der Waals surface area contributed by atoms with Gasteiger partial charge in [0.1, 0.15) is 5.75 Å². The molecule has 0 radical (unpaired) electrons. The van der Waals surface area contributed by atoms with Crippen LogP contribution >= 0.6 is 0 Å². The quantitative estimate of drug-likeness (QED) is 0.838. The van der Waals surface area contributed by atoms with E-state index in [0.717, 1.165) is 11.1 Å². The highest BCUT2D eigenvalue weighted by Gasteiger charge is 2.47. The SMILES string of the molecule is Cc1ccc(NC(=O)C2(C)Oc3ccccc3NC2=O)c(C)c1. The number of fused-ring (bicyclic) bond motifs is 1. The van der Waals surface area contributed by atoms with E-state index < -0.39 is 17.4 Å². The van der Waals surface area contributed by atoms with Gasteiger partial charge in [0.05, 0.1) is 5.69 Å². The highest BCUT2D eigenvalue weighted by Crippen LogP contribution is 2.34. The van der Waals surface area contributed by atoms with Crippen molar-refractivity contribution in [1.82, 2.24) is 0 Å². The molecule has 0 bridgehead atoms. The molecular formula is C18H18N2O3. The number of amides is 2. The molecule has 3 rings (SSSR count). The third-order valence-corrected chi connectivity index (χ3v) is 3.95. The Balaban J connectivity index is 1.88. The molecule has 0 fully saturated rings. The van der Waals surface area contributed by atoms with Crippen molar-refractivity contribution < 1.29 is 14.3 Å². The number of aryl methyl sites for hydroxylation is 2. The summed E-state index contributed by atoms with van der Waals surface area (Å²) in [5, 5.41) is 5.50. The minimum absolute atomic E-state index is 0.477. The number of ether oxygens (including phenoxy) is 1. The molecule has 1 aliphatic rings. The van der Waals surface area contributed by atoms with E-state index in [4.69, 9.17) is 4.74 Å². The van der Waals surface area contributed by atoms with Gasteiger partial charge in [-0.3, -0.25) is 9.59 Å². The summed E-state index contributed by atoms with van der Waals surface area (Å²) in [5.41, 5.74) is 1.64. The van der Waals surface area contributed by atoms with Crippen molar-refractivity contribution in [1.29, 1.82) is 0 Å². The number of carbonyl (C=O) groups excluding carboxylic acids is 2. The summed E-state index contributed by atoms with van der Waals surface area (Å²) in [4.78, 5) is 25.0. The van der Waals surface area contributed by atoms with Crippen LogP contribution in [-0.4, -0.2) is 17.4 Å². The molecule has 0 aliphatic carbocycles. The maximum absolute atomic E-state index is 12.6. The van der Waals surface area contributed by atoms with Gasteiger partial charge in [-0.25, -0.2) is 0 Å². The second kappa shape index (κ2) is 5.43. The molecule has 1 unspecified atom stereocenters. The van der Waals surface area contributed by atoms with Crippen molar-refractivity contribution in [3.05, 3.63) is 53.6 Å². The first-order chi connectivity index (χ1) is 10.9. The largest absolute Gasteiger partial charge is 0.466 e. The zero-order valence-corrected chi connectivity index (χ0v) is 13.3. The Morgan fingerprint density at radius 2 is 1.91 bits per heavy atom. The first-order valence-corrected chi connectivity index (χ1v) is 7.38. The Morgan fingerprint density at radius 3 is 2.65 bits per heavy atom. The van der Waals surface area contributed by atoms with Crippen LogP contribution in [0.2, 0.25) is 0 Å². The molecular weight excluding hydrogens is 292 g/mol. The Kier molecular flexibility index (Phi) is 3.56. The number of benzene rings is 2. The van der Waals surface area contributed by atoms with Gasteiger partial charge in [-0.2, -0.15) is 0 Å². The molecule has 1 heterocycles. The molecule has 1 atom stereocenters. The Hall–Kier alpha value is -2.82. The summed E-state index contributed by atoms with van der Waals surface area (Å²) in [7, 11) is 0. The second-order valence-corrected chi connectivity index (χ2v) is 5.86. The molecule has 2 aromatic carbocycles. The fraction of sp³-hybridized carbons (Fsp3) is 0.222. The maximum Gasteiger partial charge on any atom is 0.278 e. The zero-order valence-electron chi connectivity index (χ0n) is 13.3. The fourth-order valence-corrected chi connectivity index (χ4v) is 2.51. The van der Waals surface area contributed by atoms with Gasteiger partial charge in [0.25, 0.3) is 17.4 Å². The monoisotopic (exact) mass is 310 g/mol. The Labute approximate surface area is 134 Å². The van der Waals surface area contributed by atoms with Crippen LogP contribution in [0.3, 0.4) is 0 Å². The van der Waals surface area contributed by atoms with Gasteiger partial charge in [-0.15, -0.1) is 0 Å². The van der Waals surface area contributed by atoms with E-state index in [1.807, 2.05) is 32.0 Å². The van der Waals surface area contributed by atoms with E-state index >= 15 is 0 Å². The number of hydrogen-bond acceptors (Lipinski definition) is 3. The maximum atomic E-state index is 12.6. The molecule has 118 valence electrons. The standard InChI is InChI=1S/C18H18N2O3/c1-11-8-9-13(12(2)10-11)19-16(21)18(3)17(22)20-14-6-4-5-7-15(14)23-18/h4-10H,1-3H3,(H,19,21)(H,20,22). The number of nitrogens with one attached hydrogen (secondary N) is 2. The van der Waals surface area contributed by atoms with Gasteiger partial charge in [-0.05, 0) is 44.5 Å². The van der Waals surface area contributed by atoms with Crippen LogP contribution in [-0.2, 0) is 9.59 Å². The predicted octanol–water partition coefficient (Wildman–Crippen LogP) is 3.03. The molecule has 1 aliphatic heterocycles. The summed E-state index contributed by atoms with van der Waals surface area (Å²) in [6.07, 6.45) is 0. The molecule has 0 saturated heterocycles. The first-order valence-electron chi connectivity index (χ1n) is 7.38. The van der Waals surface area contributed by atoms with Crippen molar-refractivity contribution in [3.63, 3.8) is 0 Å². The molecule has 23 heavy (non-hydrogen) atoms. The summed E-state index contributed by atoms with van der Waals surface area (Å²) in [5.74, 6) is -0.514. The van der Waals surface area contributed by atoms with Crippen LogP contribution in [0.15, 0.2) is 42.5 Å². The summed E-state index contributed by atoms with van der Waals surface area (Å²) < 4.78 is 5.71. The minimum Gasteiger partial charge on any atom is -0.466 e. The average molecular weight is 310 g/mol. The molecule has 5 nitrogen and oxygen atoms in total. The smallest absolute Gasteiger partial charge is 0.278 e. The van der Waals surface area contributed by atoms with Crippen molar-refractivity contribution in [2.24, 2.45) is 0 Å². The predicted molar refractivity (Wildman–Crippen MR) is 88.7 cm³/mol. The third-order valence-electron chi connectivity index (χ3n) is 3.95. The highest BCUT2D eigenvalue weighted by atomic mass is 16.5. The van der Waals surface area contributed by atoms with E-state index in [0.29, 0.717) is 17.1 Å². The van der Waals surface area contributed by atoms with E-state index in [1.165, 1.54) is 6.92 Å². The molecule has 2 N–H and O–H groups in total. The van der Waals surface area contributed by atoms with Gasteiger partial charge >= 0.3 is 0 Å². The molecule has 0 spiro atoms. The molecule has 2 aromatic rings. The Bertz CT molecular complexity index is 801. The number of anilines is 2. The van der Waals surface area contributed by atoms with Crippen LogP contribution in [0.1, 0.15) is 18.1 Å². The topological polar surface area (TPSA) is 67.4 Å². The van der Waals surface area contributed by atoms with Crippen molar-refractivity contribution >= 4 is 23.2 Å². The fourth-order valence-electron chi connectivity index (χ4n) is 2.51. The number of hydrogen-bond donors (Lipinski definition) is 2. The van der Waals surface area contributed by atoms with E-state index in [2.05, 4.69) is 10.6 Å². The van der Waals surface area contributed by atoms with E-state index in [9.17, 15) is 9.59 Å². The molecule has 0 aromatic heterocycles. The van der Waals surface area contributed by atoms with E-state index in [1.54, 1.807) is 24.3 Å². The first kappa shape index (κ1) is 15.1. The minimum atomic E-state index is -1.62. The van der Waals surface area contributed by atoms with Crippen molar-refractivity contribution in [2.45, 2.75) is 26.4 Å². The van der Waals surface area contributed by atoms with Crippen LogP contribution in [0, 0.1) is 13.8 Å². The van der Waals surface area contributed by atoms with Crippen molar-refractivity contribution in [3.8, 4) is 5.75 Å². The van der Waals surface area contributed by atoms with Gasteiger partial charge in [0.15, 0.2) is 0 Å². The number of rotatable bonds is 2. The van der Waals surface area contributed by atoms with Crippen LogP contribution in [0.25, 0.3) is 0 Å². The normalized spacial score (nSPS) is 19.3. The lowest BCUT2D eigenvalue weighted by atomic mass is 10.0. The second-order valence-electron chi connectivity index (χ2n) is 5.86. The van der Waals surface area contributed by atoms with Gasteiger partial charge < -0.3 is 15.4 Å². The molecule has 5 heteroatoms. The molecule has 2 amide bonds. The zero-order chi connectivity index (χ0) is 16.6. The lowest BCUT2D eigenvalue weighted by molar-refractivity contribution is -0.143. The summed E-state index contributed by atoms with van der Waals surface area (Å²) >= 11 is 0. The lowest BCUT2D eigenvalue weighted by Crippen LogP contribution is -2.56. The lowest BCUT2D eigenvalue weighted by Gasteiger charge is -2.33. The summed E-state index contributed by atoms with van der Waals surface area (Å²) in [6, 6.07) is 12.7. The van der Waals surface area contributed by atoms with Gasteiger partial charge in [0, 0.05) is 5.69 Å². The molecule has 0 saturated carbocycles. The Morgan fingerprint density at radius 1 is 1.17 bits per heavy atom. The summed E-state index contributed by atoms with van der Waals surface area (Å²) in [6.45, 7) is 5.35. The van der Waals surface area contributed by atoms with Crippen LogP contribution in [0.4, 0.5) is 11.4 Å². The number of carbonyl (C=O) groups is 2. The third kappa shape index (κ3) is 2.65. The van der Waals surface area contributed by atoms with Crippen LogP contribution < -0.4 is 15.4 Å². The van der Waals surface area contributed by atoms with E-state index in [-0.39, 0.29) is 0 Å². The van der Waals surface area contributed by atoms with Crippen molar-refractivity contribution in [2.75, 3.05) is 10.6 Å². The van der Waals surface area contributed by atoms with Gasteiger partial charge in [0.2, 0.25) is 0 Å².